The zero-order valence-corrected chi connectivity index (χ0v) is 14.8. The Morgan fingerprint density at radius 2 is 1.92 bits per heavy atom. The Kier molecular flexibility index (Phi) is 5.99. The fraction of sp³-hybridized carbons (Fsp3) is 0.450. The van der Waals surface area contributed by atoms with Gasteiger partial charge in [-0.3, -0.25) is 4.79 Å². The highest BCUT2D eigenvalue weighted by molar-refractivity contribution is 5.92. The number of anilines is 1. The monoisotopic (exact) mass is 338 g/mol. The highest BCUT2D eigenvalue weighted by Gasteiger charge is 2.14. The van der Waals surface area contributed by atoms with Crippen molar-refractivity contribution in [2.24, 2.45) is 0 Å². The predicted molar refractivity (Wildman–Crippen MR) is 99.5 cm³/mol. The highest BCUT2D eigenvalue weighted by Crippen LogP contribution is 2.20. The topological polar surface area (TPSA) is 66.9 Å². The van der Waals surface area contributed by atoms with Crippen molar-refractivity contribution in [1.82, 2.24) is 15.3 Å². The number of amides is 1. The largest absolute Gasteiger partial charge is 0.367 e. The van der Waals surface area contributed by atoms with E-state index in [2.05, 4.69) is 26.7 Å². The molecule has 0 atom stereocenters. The standard InChI is InChI=1S/C20H26N4O/c1-15-7-6-8-16(11-15)13-21-20(25)18-12-19(23-14-22-18)24-17-9-4-2-3-5-10-17/h6-8,11-12,14,17H,2-5,9-10,13H2,1H3,(H,21,25)(H,22,23,24). The molecule has 1 saturated carbocycles. The maximum absolute atomic E-state index is 12.4. The van der Waals surface area contributed by atoms with E-state index in [4.69, 9.17) is 0 Å². The molecule has 1 amide bonds. The second-order valence-electron chi connectivity index (χ2n) is 6.79. The molecule has 1 aliphatic rings. The Balaban J connectivity index is 1.59. The minimum atomic E-state index is -0.173. The van der Waals surface area contributed by atoms with Crippen LogP contribution in [0.3, 0.4) is 0 Å². The van der Waals surface area contributed by atoms with Crippen molar-refractivity contribution >= 4 is 11.7 Å². The summed E-state index contributed by atoms with van der Waals surface area (Å²) in [4.78, 5) is 20.8. The molecule has 2 aromatic rings. The fourth-order valence-electron chi connectivity index (χ4n) is 3.29. The normalized spacial score (nSPS) is 15.4. The van der Waals surface area contributed by atoms with Gasteiger partial charge in [0.2, 0.25) is 0 Å². The van der Waals surface area contributed by atoms with E-state index in [0.717, 1.165) is 11.4 Å². The van der Waals surface area contributed by atoms with Gasteiger partial charge in [0, 0.05) is 18.7 Å². The van der Waals surface area contributed by atoms with Crippen LogP contribution in [0.2, 0.25) is 0 Å². The summed E-state index contributed by atoms with van der Waals surface area (Å²) in [6.45, 7) is 2.54. The second kappa shape index (κ2) is 8.60. The van der Waals surface area contributed by atoms with Crippen LogP contribution >= 0.6 is 0 Å². The highest BCUT2D eigenvalue weighted by atomic mass is 16.1. The summed E-state index contributed by atoms with van der Waals surface area (Å²) >= 11 is 0. The fourth-order valence-corrected chi connectivity index (χ4v) is 3.29. The lowest BCUT2D eigenvalue weighted by molar-refractivity contribution is 0.0945. The van der Waals surface area contributed by atoms with Gasteiger partial charge in [0.15, 0.2) is 0 Å². The van der Waals surface area contributed by atoms with E-state index in [1.165, 1.54) is 50.4 Å². The number of carbonyl (C=O) groups is 1. The van der Waals surface area contributed by atoms with Crippen molar-refractivity contribution in [1.29, 1.82) is 0 Å². The molecule has 1 aliphatic carbocycles. The number of aryl methyl sites for hydroxylation is 1. The molecule has 1 aromatic heterocycles. The first-order valence-corrected chi connectivity index (χ1v) is 9.13. The van der Waals surface area contributed by atoms with E-state index in [9.17, 15) is 4.79 Å². The van der Waals surface area contributed by atoms with Crippen LogP contribution in [0.5, 0.6) is 0 Å². The third-order valence-corrected chi connectivity index (χ3v) is 4.64. The van der Waals surface area contributed by atoms with E-state index < -0.39 is 0 Å². The van der Waals surface area contributed by atoms with Gasteiger partial charge in [0.1, 0.15) is 17.8 Å². The Bertz CT molecular complexity index is 708. The quantitative estimate of drug-likeness (QED) is 0.813. The molecule has 0 spiro atoms. The molecule has 132 valence electrons. The van der Waals surface area contributed by atoms with E-state index in [1.807, 2.05) is 25.1 Å². The average Bonchev–Trinajstić information content (AvgIpc) is 2.89. The van der Waals surface area contributed by atoms with Gasteiger partial charge in [-0.25, -0.2) is 9.97 Å². The zero-order chi connectivity index (χ0) is 17.5. The summed E-state index contributed by atoms with van der Waals surface area (Å²) in [6.07, 6.45) is 8.93. The van der Waals surface area contributed by atoms with Gasteiger partial charge < -0.3 is 10.6 Å². The molecule has 1 heterocycles. The van der Waals surface area contributed by atoms with Crippen LogP contribution in [0.25, 0.3) is 0 Å². The molecule has 0 aliphatic heterocycles. The van der Waals surface area contributed by atoms with E-state index in [1.54, 1.807) is 6.07 Å². The second-order valence-corrected chi connectivity index (χ2v) is 6.79. The SMILES string of the molecule is Cc1cccc(CNC(=O)c2cc(NC3CCCCCC3)ncn2)c1. The van der Waals surface area contributed by atoms with Gasteiger partial charge in [0.05, 0.1) is 0 Å². The van der Waals surface area contributed by atoms with Crippen LogP contribution in [0.4, 0.5) is 5.82 Å². The maximum Gasteiger partial charge on any atom is 0.270 e. The molecule has 25 heavy (non-hydrogen) atoms. The van der Waals surface area contributed by atoms with Gasteiger partial charge in [-0.15, -0.1) is 0 Å². The number of aromatic nitrogens is 2. The zero-order valence-electron chi connectivity index (χ0n) is 14.8. The molecule has 5 nitrogen and oxygen atoms in total. The molecule has 1 aromatic carbocycles. The van der Waals surface area contributed by atoms with Crippen LogP contribution in [0, 0.1) is 6.92 Å². The number of nitrogens with one attached hydrogen (secondary N) is 2. The smallest absolute Gasteiger partial charge is 0.270 e. The van der Waals surface area contributed by atoms with E-state index in [0.29, 0.717) is 18.3 Å². The summed E-state index contributed by atoms with van der Waals surface area (Å²) in [6, 6.07) is 10.3. The van der Waals surface area contributed by atoms with Gasteiger partial charge in [-0.05, 0) is 25.3 Å². The molecule has 5 heteroatoms. The Labute approximate surface area is 149 Å². The molecule has 0 saturated heterocycles. The number of carbonyl (C=O) groups excluding carboxylic acids is 1. The maximum atomic E-state index is 12.4. The van der Waals surface area contributed by atoms with Crippen molar-refractivity contribution in [3.8, 4) is 0 Å². The summed E-state index contributed by atoms with van der Waals surface area (Å²) in [7, 11) is 0. The first-order chi connectivity index (χ1) is 12.2. The molecule has 1 fully saturated rings. The van der Waals surface area contributed by atoms with E-state index in [-0.39, 0.29) is 5.91 Å². The van der Waals surface area contributed by atoms with Crippen LogP contribution < -0.4 is 10.6 Å². The Morgan fingerprint density at radius 3 is 2.68 bits per heavy atom. The lowest BCUT2D eigenvalue weighted by Gasteiger charge is -2.17. The van der Waals surface area contributed by atoms with Crippen LogP contribution in [0.15, 0.2) is 36.7 Å². The summed E-state index contributed by atoms with van der Waals surface area (Å²) in [5.74, 6) is 0.565. The third-order valence-electron chi connectivity index (χ3n) is 4.64. The summed E-state index contributed by atoms with van der Waals surface area (Å²) in [5, 5.41) is 6.39. The number of hydrogen-bond donors (Lipinski definition) is 2. The molecule has 2 N–H and O–H groups in total. The van der Waals surface area contributed by atoms with Crippen molar-refractivity contribution in [3.63, 3.8) is 0 Å². The summed E-state index contributed by atoms with van der Waals surface area (Å²) < 4.78 is 0. The van der Waals surface area contributed by atoms with Crippen molar-refractivity contribution < 1.29 is 4.79 Å². The molecule has 0 bridgehead atoms. The van der Waals surface area contributed by atoms with Gasteiger partial charge in [-0.1, -0.05) is 55.5 Å². The predicted octanol–water partition coefficient (Wildman–Crippen LogP) is 3.85. The minimum absolute atomic E-state index is 0.173. The van der Waals surface area contributed by atoms with Crippen molar-refractivity contribution in [2.75, 3.05) is 5.32 Å². The Hall–Kier alpha value is -2.43. The lowest BCUT2D eigenvalue weighted by Crippen LogP contribution is -2.25. The number of rotatable bonds is 5. The van der Waals surface area contributed by atoms with Gasteiger partial charge in [-0.2, -0.15) is 0 Å². The number of hydrogen-bond acceptors (Lipinski definition) is 4. The number of benzene rings is 1. The molecule has 0 unspecified atom stereocenters. The summed E-state index contributed by atoms with van der Waals surface area (Å²) in [5.41, 5.74) is 2.67. The Morgan fingerprint density at radius 1 is 1.12 bits per heavy atom. The first-order valence-electron chi connectivity index (χ1n) is 9.13. The van der Waals surface area contributed by atoms with Crippen molar-refractivity contribution in [2.45, 2.75) is 58.0 Å². The third kappa shape index (κ3) is 5.28. The van der Waals surface area contributed by atoms with Crippen LogP contribution in [-0.2, 0) is 6.54 Å². The van der Waals surface area contributed by atoms with Crippen molar-refractivity contribution in [3.05, 3.63) is 53.5 Å². The number of nitrogens with zero attached hydrogens (tertiary/aromatic N) is 2. The van der Waals surface area contributed by atoms with Gasteiger partial charge >= 0.3 is 0 Å². The minimum Gasteiger partial charge on any atom is -0.367 e. The molecule has 3 rings (SSSR count). The van der Waals surface area contributed by atoms with Gasteiger partial charge in [0.25, 0.3) is 5.91 Å². The van der Waals surface area contributed by atoms with E-state index >= 15 is 0 Å². The molecular formula is C20H26N4O. The molecular weight excluding hydrogens is 312 g/mol. The first kappa shape index (κ1) is 17.4. The van der Waals surface area contributed by atoms with Crippen LogP contribution in [-0.4, -0.2) is 21.9 Å². The molecule has 0 radical (unpaired) electrons. The van der Waals surface area contributed by atoms with Crippen LogP contribution in [0.1, 0.15) is 60.1 Å². The average molecular weight is 338 g/mol. The lowest BCUT2D eigenvalue weighted by atomic mass is 10.1.